The standard InChI is InChI=1S/C21H25F2N3O2/c1-15(16-3-8-19(22)20(23)13-16)24-14-21(27)26-11-9-25(10-12-26)17-4-6-18(28-2)7-5-17/h3-8,13,15,24H,9-12,14H2,1-2H3/t15-/m0/s1. The van der Waals surface area contributed by atoms with Crippen LogP contribution in [0.1, 0.15) is 18.5 Å². The fourth-order valence-corrected chi connectivity index (χ4v) is 3.26. The third-order valence-corrected chi connectivity index (χ3v) is 5.07. The number of methoxy groups -OCH3 is 1. The van der Waals surface area contributed by atoms with Crippen LogP contribution in [-0.2, 0) is 4.79 Å². The lowest BCUT2D eigenvalue weighted by Gasteiger charge is -2.36. The molecule has 2 aromatic rings. The largest absolute Gasteiger partial charge is 0.497 e. The molecule has 0 spiro atoms. The molecule has 0 bridgehead atoms. The number of amides is 1. The quantitative estimate of drug-likeness (QED) is 0.825. The molecule has 1 amide bonds. The molecule has 7 heteroatoms. The second-order valence-corrected chi connectivity index (χ2v) is 6.84. The number of benzene rings is 2. The van der Waals surface area contributed by atoms with Crippen LogP contribution in [0.2, 0.25) is 0 Å². The Morgan fingerprint density at radius 1 is 1.07 bits per heavy atom. The molecule has 1 fully saturated rings. The Balaban J connectivity index is 1.47. The molecule has 0 saturated carbocycles. The van der Waals surface area contributed by atoms with Crippen molar-refractivity contribution >= 4 is 11.6 Å². The van der Waals surface area contributed by atoms with E-state index in [9.17, 15) is 13.6 Å². The van der Waals surface area contributed by atoms with Crippen molar-refractivity contribution in [3.63, 3.8) is 0 Å². The molecule has 0 aliphatic carbocycles. The van der Waals surface area contributed by atoms with Crippen molar-refractivity contribution in [1.82, 2.24) is 10.2 Å². The number of hydrogen-bond donors (Lipinski definition) is 1. The number of carbonyl (C=O) groups is 1. The molecule has 1 saturated heterocycles. The maximum absolute atomic E-state index is 13.4. The molecular formula is C21H25F2N3O2. The van der Waals surface area contributed by atoms with Crippen LogP contribution in [0.15, 0.2) is 42.5 Å². The number of rotatable bonds is 6. The monoisotopic (exact) mass is 389 g/mol. The fraction of sp³-hybridized carbons (Fsp3) is 0.381. The van der Waals surface area contributed by atoms with Crippen LogP contribution in [-0.4, -0.2) is 50.6 Å². The summed E-state index contributed by atoms with van der Waals surface area (Å²) in [5, 5.41) is 3.09. The summed E-state index contributed by atoms with van der Waals surface area (Å²) in [5.41, 5.74) is 1.72. The van der Waals surface area contributed by atoms with Gasteiger partial charge in [0.25, 0.3) is 0 Å². The Kier molecular flexibility index (Phi) is 6.46. The number of hydrogen-bond acceptors (Lipinski definition) is 4. The van der Waals surface area contributed by atoms with E-state index in [-0.39, 0.29) is 18.5 Å². The van der Waals surface area contributed by atoms with Gasteiger partial charge in [0.15, 0.2) is 11.6 Å². The van der Waals surface area contributed by atoms with Gasteiger partial charge in [-0.1, -0.05) is 6.07 Å². The predicted octanol–water partition coefficient (Wildman–Crippen LogP) is 2.97. The Morgan fingerprint density at radius 2 is 1.75 bits per heavy atom. The van der Waals surface area contributed by atoms with Gasteiger partial charge in [-0.3, -0.25) is 4.79 Å². The highest BCUT2D eigenvalue weighted by Gasteiger charge is 2.21. The van der Waals surface area contributed by atoms with Gasteiger partial charge in [-0.2, -0.15) is 0 Å². The van der Waals surface area contributed by atoms with E-state index in [1.165, 1.54) is 6.07 Å². The molecule has 150 valence electrons. The Hall–Kier alpha value is -2.67. The maximum atomic E-state index is 13.4. The Labute approximate surface area is 163 Å². The van der Waals surface area contributed by atoms with Crippen molar-refractivity contribution in [3.05, 3.63) is 59.7 Å². The Morgan fingerprint density at radius 3 is 2.36 bits per heavy atom. The number of halogens is 2. The second-order valence-electron chi connectivity index (χ2n) is 6.84. The zero-order chi connectivity index (χ0) is 20.1. The highest BCUT2D eigenvalue weighted by Crippen LogP contribution is 2.20. The summed E-state index contributed by atoms with van der Waals surface area (Å²) in [7, 11) is 1.64. The highest BCUT2D eigenvalue weighted by atomic mass is 19.2. The molecule has 28 heavy (non-hydrogen) atoms. The van der Waals surface area contributed by atoms with E-state index in [2.05, 4.69) is 10.2 Å². The van der Waals surface area contributed by atoms with Gasteiger partial charge in [-0.25, -0.2) is 8.78 Å². The van der Waals surface area contributed by atoms with Gasteiger partial charge < -0.3 is 19.9 Å². The molecular weight excluding hydrogens is 364 g/mol. The van der Waals surface area contributed by atoms with Crippen molar-refractivity contribution in [2.24, 2.45) is 0 Å². The van der Waals surface area contributed by atoms with E-state index < -0.39 is 11.6 Å². The first-order valence-corrected chi connectivity index (χ1v) is 9.33. The number of anilines is 1. The predicted molar refractivity (Wildman–Crippen MR) is 105 cm³/mol. The second kappa shape index (κ2) is 9.01. The summed E-state index contributed by atoms with van der Waals surface area (Å²) >= 11 is 0. The average molecular weight is 389 g/mol. The van der Waals surface area contributed by atoms with Gasteiger partial charge in [-0.05, 0) is 48.9 Å². The van der Waals surface area contributed by atoms with Crippen LogP contribution < -0.4 is 15.0 Å². The number of nitrogens with zero attached hydrogens (tertiary/aromatic N) is 2. The molecule has 5 nitrogen and oxygen atoms in total. The first-order chi connectivity index (χ1) is 13.5. The van der Waals surface area contributed by atoms with E-state index in [0.717, 1.165) is 36.7 Å². The maximum Gasteiger partial charge on any atom is 0.236 e. The van der Waals surface area contributed by atoms with Crippen LogP contribution >= 0.6 is 0 Å². The lowest BCUT2D eigenvalue weighted by Crippen LogP contribution is -2.51. The first-order valence-electron chi connectivity index (χ1n) is 9.33. The third kappa shape index (κ3) is 4.78. The Bertz CT molecular complexity index is 806. The number of carbonyl (C=O) groups excluding carboxylic acids is 1. The average Bonchev–Trinajstić information content (AvgIpc) is 2.74. The van der Waals surface area contributed by atoms with Crippen LogP contribution in [0.25, 0.3) is 0 Å². The molecule has 1 N–H and O–H groups in total. The van der Waals surface area contributed by atoms with Gasteiger partial charge in [0.2, 0.25) is 5.91 Å². The molecule has 1 aliphatic rings. The van der Waals surface area contributed by atoms with Crippen molar-refractivity contribution < 1.29 is 18.3 Å². The van der Waals surface area contributed by atoms with Crippen molar-refractivity contribution in [3.8, 4) is 5.75 Å². The summed E-state index contributed by atoms with van der Waals surface area (Å²) in [4.78, 5) is 16.5. The molecule has 0 radical (unpaired) electrons. The summed E-state index contributed by atoms with van der Waals surface area (Å²) in [5.74, 6) is -0.934. The third-order valence-electron chi connectivity index (χ3n) is 5.07. The van der Waals surface area contributed by atoms with Crippen LogP contribution in [0.5, 0.6) is 5.75 Å². The van der Waals surface area contributed by atoms with Crippen molar-refractivity contribution in [2.75, 3.05) is 44.7 Å². The fourth-order valence-electron chi connectivity index (χ4n) is 3.26. The number of piperazine rings is 1. The summed E-state index contributed by atoms with van der Waals surface area (Å²) in [6.45, 7) is 4.79. The van der Waals surface area contributed by atoms with E-state index in [1.54, 1.807) is 7.11 Å². The van der Waals surface area contributed by atoms with Gasteiger partial charge in [0.05, 0.1) is 13.7 Å². The number of ether oxygens (including phenoxy) is 1. The molecule has 1 heterocycles. The van der Waals surface area contributed by atoms with Crippen LogP contribution in [0.3, 0.4) is 0 Å². The zero-order valence-electron chi connectivity index (χ0n) is 16.1. The van der Waals surface area contributed by atoms with Gasteiger partial charge >= 0.3 is 0 Å². The minimum absolute atomic E-state index is 0.00353. The molecule has 0 unspecified atom stereocenters. The van der Waals surface area contributed by atoms with Crippen LogP contribution in [0.4, 0.5) is 14.5 Å². The number of nitrogens with one attached hydrogen (secondary N) is 1. The van der Waals surface area contributed by atoms with E-state index in [4.69, 9.17) is 4.74 Å². The summed E-state index contributed by atoms with van der Waals surface area (Å²) in [6, 6.07) is 11.4. The molecule has 1 atom stereocenters. The normalized spacial score (nSPS) is 15.4. The van der Waals surface area contributed by atoms with Gasteiger partial charge in [0, 0.05) is 37.9 Å². The zero-order valence-corrected chi connectivity index (χ0v) is 16.1. The van der Waals surface area contributed by atoms with E-state index in [1.807, 2.05) is 36.1 Å². The van der Waals surface area contributed by atoms with E-state index in [0.29, 0.717) is 18.7 Å². The minimum Gasteiger partial charge on any atom is -0.497 e. The van der Waals surface area contributed by atoms with Gasteiger partial charge in [-0.15, -0.1) is 0 Å². The molecule has 3 rings (SSSR count). The van der Waals surface area contributed by atoms with Crippen molar-refractivity contribution in [1.29, 1.82) is 0 Å². The van der Waals surface area contributed by atoms with Gasteiger partial charge in [0.1, 0.15) is 5.75 Å². The van der Waals surface area contributed by atoms with Crippen molar-refractivity contribution in [2.45, 2.75) is 13.0 Å². The molecule has 1 aliphatic heterocycles. The van der Waals surface area contributed by atoms with E-state index >= 15 is 0 Å². The highest BCUT2D eigenvalue weighted by molar-refractivity contribution is 5.78. The SMILES string of the molecule is COc1ccc(N2CCN(C(=O)CN[C@@H](C)c3ccc(F)c(F)c3)CC2)cc1. The molecule has 2 aromatic carbocycles. The lowest BCUT2D eigenvalue weighted by molar-refractivity contribution is -0.130. The first kappa shape index (κ1) is 20.1. The summed E-state index contributed by atoms with van der Waals surface area (Å²) in [6.07, 6.45) is 0. The minimum atomic E-state index is -0.882. The topological polar surface area (TPSA) is 44.8 Å². The van der Waals surface area contributed by atoms with Crippen LogP contribution in [0, 0.1) is 11.6 Å². The lowest BCUT2D eigenvalue weighted by atomic mass is 10.1. The summed E-state index contributed by atoms with van der Waals surface area (Å²) < 4.78 is 31.6. The molecule has 0 aromatic heterocycles. The smallest absolute Gasteiger partial charge is 0.236 e.